The molecule has 3 heterocycles. The monoisotopic (exact) mass is 367 g/mol. The number of carbonyl (C=O) groups is 1. The number of fused-ring (bicyclic) bond motifs is 1. The number of aryl methyl sites for hydroxylation is 1. The maximum Gasteiger partial charge on any atom is 0.272 e. The molecule has 1 unspecified atom stereocenters. The molecule has 1 aliphatic rings. The Bertz CT molecular complexity index is 960. The molecule has 7 nitrogen and oxygen atoms in total. The molecule has 0 bridgehead atoms. The van der Waals surface area contributed by atoms with Crippen molar-refractivity contribution in [1.82, 2.24) is 15.5 Å². The summed E-state index contributed by atoms with van der Waals surface area (Å²) < 4.78 is 16.9. The number of nitrogens with one attached hydrogen (secondary N) is 2. The molecule has 1 atom stereocenters. The Morgan fingerprint density at radius 1 is 1.15 bits per heavy atom. The number of rotatable bonds is 4. The molecule has 2 aromatic heterocycles. The van der Waals surface area contributed by atoms with Crippen molar-refractivity contribution in [3.8, 4) is 23.0 Å². The van der Waals surface area contributed by atoms with E-state index in [4.69, 9.17) is 13.9 Å². The fourth-order valence-electron chi connectivity index (χ4n) is 2.95. The maximum absolute atomic E-state index is 12.5. The molecular weight excluding hydrogens is 346 g/mol. The van der Waals surface area contributed by atoms with Crippen LogP contribution in [-0.4, -0.2) is 29.3 Å². The average molecular weight is 367 g/mol. The van der Waals surface area contributed by atoms with Gasteiger partial charge in [-0.2, -0.15) is 5.10 Å². The van der Waals surface area contributed by atoms with Crippen molar-refractivity contribution >= 4 is 5.91 Å². The van der Waals surface area contributed by atoms with E-state index in [0.29, 0.717) is 36.1 Å². The normalized spacial score (nSPS) is 14.4. The number of H-pyrrole nitrogens is 1. The second-order valence-electron chi connectivity index (χ2n) is 6.53. The third-order valence-corrected chi connectivity index (χ3v) is 4.44. The maximum atomic E-state index is 12.5. The van der Waals surface area contributed by atoms with E-state index in [-0.39, 0.29) is 11.9 Å². The molecule has 1 aromatic carbocycles. The molecule has 27 heavy (non-hydrogen) atoms. The van der Waals surface area contributed by atoms with E-state index in [9.17, 15) is 4.79 Å². The highest BCUT2D eigenvalue weighted by Gasteiger charge is 2.18. The van der Waals surface area contributed by atoms with Crippen LogP contribution in [0.2, 0.25) is 0 Å². The summed E-state index contributed by atoms with van der Waals surface area (Å²) >= 11 is 0. The molecule has 4 rings (SSSR count). The summed E-state index contributed by atoms with van der Waals surface area (Å²) in [6, 6.07) is 10.9. The van der Waals surface area contributed by atoms with Crippen LogP contribution in [0.3, 0.4) is 0 Å². The molecule has 0 aliphatic carbocycles. The Balaban J connectivity index is 1.46. The van der Waals surface area contributed by atoms with Crippen molar-refractivity contribution in [2.45, 2.75) is 26.3 Å². The highest BCUT2D eigenvalue weighted by molar-refractivity contribution is 5.93. The van der Waals surface area contributed by atoms with E-state index >= 15 is 0 Å². The lowest BCUT2D eigenvalue weighted by Crippen LogP contribution is -2.27. The Morgan fingerprint density at radius 2 is 1.96 bits per heavy atom. The van der Waals surface area contributed by atoms with Gasteiger partial charge in [-0.25, -0.2) is 0 Å². The van der Waals surface area contributed by atoms with Crippen LogP contribution in [-0.2, 0) is 0 Å². The van der Waals surface area contributed by atoms with Gasteiger partial charge in [0.05, 0.1) is 19.3 Å². The Kier molecular flexibility index (Phi) is 4.58. The summed E-state index contributed by atoms with van der Waals surface area (Å²) in [5.41, 5.74) is 1.90. The van der Waals surface area contributed by atoms with Gasteiger partial charge < -0.3 is 19.2 Å². The number of amides is 1. The second kappa shape index (κ2) is 7.19. The van der Waals surface area contributed by atoms with Crippen molar-refractivity contribution in [1.29, 1.82) is 0 Å². The zero-order valence-electron chi connectivity index (χ0n) is 15.2. The molecular formula is C20H21N3O4. The van der Waals surface area contributed by atoms with E-state index < -0.39 is 0 Å². The first-order valence-corrected chi connectivity index (χ1v) is 8.93. The second-order valence-corrected chi connectivity index (χ2v) is 6.53. The van der Waals surface area contributed by atoms with E-state index in [1.165, 1.54) is 0 Å². The Labute approximate surface area is 156 Å². The van der Waals surface area contributed by atoms with Gasteiger partial charge in [-0.1, -0.05) is 6.07 Å². The van der Waals surface area contributed by atoms with Crippen molar-refractivity contribution in [3.05, 3.63) is 53.4 Å². The molecule has 7 heteroatoms. The van der Waals surface area contributed by atoms with Gasteiger partial charge in [0.25, 0.3) is 5.91 Å². The molecule has 0 fully saturated rings. The topological polar surface area (TPSA) is 89.4 Å². The molecule has 3 aromatic rings. The molecule has 0 radical (unpaired) electrons. The number of furan rings is 1. The predicted molar refractivity (Wildman–Crippen MR) is 99.0 cm³/mol. The average Bonchev–Trinajstić information content (AvgIpc) is 3.25. The van der Waals surface area contributed by atoms with Gasteiger partial charge in [-0.15, -0.1) is 0 Å². The summed E-state index contributed by atoms with van der Waals surface area (Å²) in [5, 5.41) is 9.88. The smallest absolute Gasteiger partial charge is 0.272 e. The summed E-state index contributed by atoms with van der Waals surface area (Å²) in [6.07, 6.45) is 0.854. The van der Waals surface area contributed by atoms with Crippen molar-refractivity contribution in [3.63, 3.8) is 0 Å². The minimum atomic E-state index is -0.264. The van der Waals surface area contributed by atoms with Gasteiger partial charge in [0.1, 0.15) is 11.5 Å². The van der Waals surface area contributed by atoms with Crippen LogP contribution in [0.25, 0.3) is 11.5 Å². The lowest BCUT2D eigenvalue weighted by Gasteiger charge is -2.15. The van der Waals surface area contributed by atoms with Gasteiger partial charge in [-0.05, 0) is 43.7 Å². The third kappa shape index (κ3) is 3.67. The first-order valence-electron chi connectivity index (χ1n) is 8.93. The number of aromatic amines is 1. The van der Waals surface area contributed by atoms with Crippen molar-refractivity contribution < 1.29 is 18.7 Å². The Morgan fingerprint density at radius 3 is 2.74 bits per heavy atom. The third-order valence-electron chi connectivity index (χ3n) is 4.44. The van der Waals surface area contributed by atoms with Crippen LogP contribution >= 0.6 is 0 Å². The number of ether oxygens (including phenoxy) is 2. The van der Waals surface area contributed by atoms with Gasteiger partial charge >= 0.3 is 0 Å². The lowest BCUT2D eigenvalue weighted by molar-refractivity contribution is 0.0934. The molecule has 0 saturated heterocycles. The van der Waals surface area contributed by atoms with Crippen LogP contribution in [0.1, 0.15) is 41.2 Å². The molecule has 140 valence electrons. The largest absolute Gasteiger partial charge is 0.490 e. The zero-order chi connectivity index (χ0) is 18.8. The van der Waals surface area contributed by atoms with Crippen LogP contribution in [0.4, 0.5) is 0 Å². The van der Waals surface area contributed by atoms with Crippen LogP contribution < -0.4 is 14.8 Å². The number of nitrogens with zero attached hydrogens (tertiary/aromatic N) is 1. The van der Waals surface area contributed by atoms with Gasteiger partial charge in [-0.3, -0.25) is 9.89 Å². The Hall–Kier alpha value is -3.22. The SMILES string of the molecule is Cc1ccc(-c2cc(C(=O)NC(C)c3ccc4c(c3)OCCCO4)n[nH]2)o1. The van der Waals surface area contributed by atoms with E-state index in [1.54, 1.807) is 6.07 Å². The van der Waals surface area contributed by atoms with E-state index in [2.05, 4.69) is 15.5 Å². The molecule has 0 spiro atoms. The fourth-order valence-corrected chi connectivity index (χ4v) is 2.95. The fraction of sp³-hybridized carbons (Fsp3) is 0.300. The summed E-state index contributed by atoms with van der Waals surface area (Å²) in [5.74, 6) is 2.63. The number of carbonyl (C=O) groups excluding carboxylic acids is 1. The van der Waals surface area contributed by atoms with E-state index in [0.717, 1.165) is 23.5 Å². The number of hydrogen-bond acceptors (Lipinski definition) is 5. The first-order chi connectivity index (χ1) is 13.1. The standard InChI is InChI=1S/C20H21N3O4/c1-12-4-6-17(27-12)15-11-16(23-22-15)20(24)21-13(2)14-5-7-18-19(10-14)26-9-3-8-25-18/h4-7,10-11,13H,3,8-9H2,1-2H3,(H,21,24)(H,22,23). The number of benzene rings is 1. The number of aromatic nitrogens is 2. The molecule has 1 aliphatic heterocycles. The van der Waals surface area contributed by atoms with E-state index in [1.807, 2.05) is 44.2 Å². The van der Waals surface area contributed by atoms with Crippen molar-refractivity contribution in [2.75, 3.05) is 13.2 Å². The summed E-state index contributed by atoms with van der Waals surface area (Å²) in [4.78, 5) is 12.5. The van der Waals surface area contributed by atoms with Gasteiger partial charge in [0.2, 0.25) is 0 Å². The molecule has 2 N–H and O–H groups in total. The highest BCUT2D eigenvalue weighted by atomic mass is 16.5. The van der Waals surface area contributed by atoms with Crippen LogP contribution in [0.15, 0.2) is 40.8 Å². The minimum absolute atomic E-state index is 0.208. The van der Waals surface area contributed by atoms with Crippen LogP contribution in [0, 0.1) is 6.92 Å². The van der Waals surface area contributed by atoms with Gasteiger partial charge in [0, 0.05) is 12.5 Å². The molecule has 0 saturated carbocycles. The predicted octanol–water partition coefficient (Wildman–Crippen LogP) is 3.63. The zero-order valence-corrected chi connectivity index (χ0v) is 15.2. The highest BCUT2D eigenvalue weighted by Crippen LogP contribution is 2.32. The summed E-state index contributed by atoms with van der Waals surface area (Å²) in [7, 11) is 0. The first kappa shape index (κ1) is 17.2. The quantitative estimate of drug-likeness (QED) is 0.735. The number of hydrogen-bond donors (Lipinski definition) is 2. The minimum Gasteiger partial charge on any atom is -0.490 e. The van der Waals surface area contributed by atoms with Crippen molar-refractivity contribution in [2.24, 2.45) is 0 Å². The lowest BCUT2D eigenvalue weighted by atomic mass is 10.1. The van der Waals surface area contributed by atoms with Crippen LogP contribution in [0.5, 0.6) is 11.5 Å². The van der Waals surface area contributed by atoms with Gasteiger partial charge in [0.15, 0.2) is 23.0 Å². The molecule has 1 amide bonds. The summed E-state index contributed by atoms with van der Waals surface area (Å²) in [6.45, 7) is 5.06.